The van der Waals surface area contributed by atoms with Crippen LogP contribution in [0.2, 0.25) is 0 Å². The highest BCUT2D eigenvalue weighted by atomic mass is 16.5. The van der Waals surface area contributed by atoms with E-state index >= 15 is 0 Å². The van der Waals surface area contributed by atoms with Gasteiger partial charge in [-0.15, -0.1) is 0 Å². The van der Waals surface area contributed by atoms with Crippen LogP contribution in [0.1, 0.15) is 52.0 Å². The Hall–Kier alpha value is -2.74. The number of nitrogens with zero attached hydrogens (tertiary/aromatic N) is 1. The molecule has 4 aliphatic rings. The summed E-state index contributed by atoms with van der Waals surface area (Å²) in [4.78, 5) is 50.6. The molecule has 28 heavy (non-hydrogen) atoms. The van der Waals surface area contributed by atoms with Crippen LogP contribution in [0.15, 0.2) is 12.1 Å². The molecule has 1 aromatic carbocycles. The van der Waals surface area contributed by atoms with Crippen molar-refractivity contribution >= 4 is 23.6 Å². The van der Waals surface area contributed by atoms with Crippen LogP contribution in [0.3, 0.4) is 0 Å². The SMILES string of the molecule is O=C1CCC(N2C(=O)c3ccc4c(c3C2=O)OCC2(CCNCC2)C4)C(=O)N1. The lowest BCUT2D eigenvalue weighted by atomic mass is 9.73. The lowest BCUT2D eigenvalue weighted by Gasteiger charge is -2.41. The van der Waals surface area contributed by atoms with Crippen molar-refractivity contribution in [3.8, 4) is 5.75 Å². The third-order valence-electron chi connectivity index (χ3n) is 6.40. The molecule has 2 saturated heterocycles. The lowest BCUT2D eigenvalue weighted by Crippen LogP contribution is -2.54. The molecule has 0 saturated carbocycles. The molecule has 1 spiro atoms. The number of benzene rings is 1. The second kappa shape index (κ2) is 6.13. The molecule has 1 unspecified atom stereocenters. The Morgan fingerprint density at radius 2 is 1.86 bits per heavy atom. The minimum Gasteiger partial charge on any atom is -0.492 e. The van der Waals surface area contributed by atoms with Crippen LogP contribution in [-0.2, 0) is 16.0 Å². The highest BCUT2D eigenvalue weighted by Gasteiger charge is 2.48. The maximum absolute atomic E-state index is 13.1. The van der Waals surface area contributed by atoms with E-state index in [4.69, 9.17) is 4.74 Å². The molecule has 4 amide bonds. The van der Waals surface area contributed by atoms with E-state index in [2.05, 4.69) is 10.6 Å². The van der Waals surface area contributed by atoms with Crippen LogP contribution < -0.4 is 15.4 Å². The summed E-state index contributed by atoms with van der Waals surface area (Å²) < 4.78 is 6.08. The fourth-order valence-corrected chi connectivity index (χ4v) is 4.83. The Labute approximate surface area is 161 Å². The summed E-state index contributed by atoms with van der Waals surface area (Å²) >= 11 is 0. The van der Waals surface area contributed by atoms with Gasteiger partial charge in [0.15, 0.2) is 0 Å². The molecular weight excluding hydrogens is 362 g/mol. The molecular formula is C20H21N3O5. The molecule has 0 radical (unpaired) electrons. The molecule has 146 valence electrons. The number of fused-ring (bicyclic) bond motifs is 3. The molecule has 0 aromatic heterocycles. The number of piperidine rings is 2. The fraction of sp³-hybridized carbons (Fsp3) is 0.500. The third-order valence-corrected chi connectivity index (χ3v) is 6.40. The summed E-state index contributed by atoms with van der Waals surface area (Å²) in [5.41, 5.74) is 1.55. The van der Waals surface area contributed by atoms with E-state index in [0.717, 1.165) is 42.8 Å². The van der Waals surface area contributed by atoms with Crippen molar-refractivity contribution in [2.75, 3.05) is 19.7 Å². The standard InChI is InChI=1S/C20H21N3O5/c24-14-4-3-13(17(25)22-14)23-18(26)12-2-1-11-9-20(5-7-21-8-6-20)10-28-16(11)15(12)19(23)27/h1-2,13,21H,3-10H2,(H,22,24,25). The molecule has 1 atom stereocenters. The predicted molar refractivity (Wildman–Crippen MR) is 96.8 cm³/mol. The maximum Gasteiger partial charge on any atom is 0.266 e. The van der Waals surface area contributed by atoms with Gasteiger partial charge in [-0.2, -0.15) is 0 Å². The van der Waals surface area contributed by atoms with E-state index in [9.17, 15) is 19.2 Å². The van der Waals surface area contributed by atoms with Gasteiger partial charge < -0.3 is 10.1 Å². The summed E-state index contributed by atoms with van der Waals surface area (Å²) in [6.07, 6.45) is 3.10. The summed E-state index contributed by atoms with van der Waals surface area (Å²) in [6, 6.07) is 2.58. The van der Waals surface area contributed by atoms with Gasteiger partial charge in [-0.3, -0.25) is 29.4 Å². The van der Waals surface area contributed by atoms with Crippen LogP contribution >= 0.6 is 0 Å². The van der Waals surface area contributed by atoms with Gasteiger partial charge in [-0.1, -0.05) is 6.07 Å². The first kappa shape index (κ1) is 17.4. The zero-order valence-electron chi connectivity index (χ0n) is 15.4. The van der Waals surface area contributed by atoms with Gasteiger partial charge in [-0.05, 0) is 50.4 Å². The molecule has 2 N–H and O–H groups in total. The average Bonchev–Trinajstić information content (AvgIpc) is 2.93. The van der Waals surface area contributed by atoms with E-state index in [1.165, 1.54) is 0 Å². The smallest absolute Gasteiger partial charge is 0.266 e. The number of imide groups is 2. The van der Waals surface area contributed by atoms with Crippen LogP contribution in [0.4, 0.5) is 0 Å². The number of ether oxygens (including phenoxy) is 1. The molecule has 2 fully saturated rings. The van der Waals surface area contributed by atoms with E-state index < -0.39 is 23.8 Å². The van der Waals surface area contributed by atoms with E-state index in [1.54, 1.807) is 6.07 Å². The Balaban J connectivity index is 1.49. The minimum atomic E-state index is -0.958. The first-order valence-corrected chi connectivity index (χ1v) is 9.70. The number of nitrogens with one attached hydrogen (secondary N) is 2. The van der Waals surface area contributed by atoms with Gasteiger partial charge >= 0.3 is 0 Å². The van der Waals surface area contributed by atoms with Crippen molar-refractivity contribution in [2.24, 2.45) is 5.41 Å². The van der Waals surface area contributed by atoms with Crippen molar-refractivity contribution in [3.63, 3.8) is 0 Å². The molecule has 1 aromatic rings. The molecule has 4 aliphatic heterocycles. The molecule has 0 aliphatic carbocycles. The van der Waals surface area contributed by atoms with Crippen molar-refractivity contribution in [3.05, 3.63) is 28.8 Å². The number of hydrogen-bond acceptors (Lipinski definition) is 6. The molecule has 8 heteroatoms. The van der Waals surface area contributed by atoms with Crippen LogP contribution in [0.5, 0.6) is 5.75 Å². The van der Waals surface area contributed by atoms with Gasteiger partial charge in [-0.25, -0.2) is 0 Å². The summed E-state index contributed by atoms with van der Waals surface area (Å²) in [6.45, 7) is 2.42. The topological polar surface area (TPSA) is 105 Å². The molecule has 4 heterocycles. The zero-order chi connectivity index (χ0) is 19.5. The molecule has 0 bridgehead atoms. The summed E-state index contributed by atoms with van der Waals surface area (Å²) in [5, 5.41) is 5.58. The van der Waals surface area contributed by atoms with Gasteiger partial charge in [0, 0.05) is 11.8 Å². The van der Waals surface area contributed by atoms with Crippen molar-refractivity contribution in [1.82, 2.24) is 15.5 Å². The van der Waals surface area contributed by atoms with Crippen LogP contribution in [0.25, 0.3) is 0 Å². The summed E-state index contributed by atoms with van der Waals surface area (Å²) in [5.74, 6) is -1.51. The zero-order valence-corrected chi connectivity index (χ0v) is 15.4. The number of carbonyl (C=O) groups excluding carboxylic acids is 4. The third kappa shape index (κ3) is 2.47. The van der Waals surface area contributed by atoms with E-state index in [1.807, 2.05) is 6.07 Å². The van der Waals surface area contributed by atoms with Gasteiger partial charge in [0.1, 0.15) is 11.8 Å². The highest BCUT2D eigenvalue weighted by Crippen LogP contribution is 2.44. The predicted octanol–water partition coefficient (Wildman–Crippen LogP) is 0.393. The van der Waals surface area contributed by atoms with E-state index in [0.29, 0.717) is 12.4 Å². The number of carbonyl (C=O) groups is 4. The van der Waals surface area contributed by atoms with Crippen LogP contribution in [-0.4, -0.2) is 54.3 Å². The van der Waals surface area contributed by atoms with Crippen LogP contribution in [0, 0.1) is 5.41 Å². The minimum absolute atomic E-state index is 0.0709. The first-order valence-electron chi connectivity index (χ1n) is 9.70. The maximum atomic E-state index is 13.1. The average molecular weight is 383 g/mol. The second-order valence-electron chi connectivity index (χ2n) is 8.14. The quantitative estimate of drug-likeness (QED) is 0.680. The monoisotopic (exact) mass is 383 g/mol. The lowest BCUT2D eigenvalue weighted by molar-refractivity contribution is -0.136. The summed E-state index contributed by atoms with van der Waals surface area (Å²) in [7, 11) is 0. The Morgan fingerprint density at radius 1 is 1.07 bits per heavy atom. The first-order chi connectivity index (χ1) is 13.5. The molecule has 8 nitrogen and oxygen atoms in total. The Kier molecular flexibility index (Phi) is 3.80. The highest BCUT2D eigenvalue weighted by molar-refractivity contribution is 6.24. The number of rotatable bonds is 1. The van der Waals surface area contributed by atoms with Gasteiger partial charge in [0.25, 0.3) is 11.8 Å². The van der Waals surface area contributed by atoms with Crippen molar-refractivity contribution < 1.29 is 23.9 Å². The van der Waals surface area contributed by atoms with E-state index in [-0.39, 0.29) is 35.3 Å². The Morgan fingerprint density at radius 3 is 2.61 bits per heavy atom. The van der Waals surface area contributed by atoms with Gasteiger partial charge in [0.05, 0.1) is 17.7 Å². The molecule has 5 rings (SSSR count). The Bertz CT molecular complexity index is 919. The second-order valence-corrected chi connectivity index (χ2v) is 8.14. The van der Waals surface area contributed by atoms with Gasteiger partial charge in [0.2, 0.25) is 11.8 Å². The fourth-order valence-electron chi connectivity index (χ4n) is 4.83. The largest absolute Gasteiger partial charge is 0.492 e. The van der Waals surface area contributed by atoms with Crippen molar-refractivity contribution in [1.29, 1.82) is 0 Å². The number of amides is 4. The number of hydrogen-bond donors (Lipinski definition) is 2. The van der Waals surface area contributed by atoms with Crippen molar-refractivity contribution in [2.45, 2.75) is 38.1 Å². The normalized spacial score (nSPS) is 26.0.